The molecule has 0 aliphatic rings. The Balaban J connectivity index is 2.66. The SMILES string of the molecule is CCOC(=O)C(C)/C(C)=N/Nc1ccc([N+](=O)[O-])cc1. The molecule has 1 rings (SSSR count). The molecule has 0 radical (unpaired) electrons. The van der Waals surface area contributed by atoms with Gasteiger partial charge in [-0.25, -0.2) is 0 Å². The van der Waals surface area contributed by atoms with Crippen LogP contribution in [0.15, 0.2) is 29.4 Å². The number of rotatable bonds is 6. The molecule has 108 valence electrons. The number of carbonyl (C=O) groups is 1. The lowest BCUT2D eigenvalue weighted by molar-refractivity contribution is -0.384. The smallest absolute Gasteiger partial charge is 0.314 e. The number of anilines is 1. The molecular formula is C13H17N3O4. The molecule has 0 bridgehead atoms. The molecule has 1 aromatic rings. The van der Waals surface area contributed by atoms with Gasteiger partial charge in [0.25, 0.3) is 5.69 Å². The van der Waals surface area contributed by atoms with E-state index in [1.54, 1.807) is 32.9 Å². The number of hydrazone groups is 1. The lowest BCUT2D eigenvalue weighted by Crippen LogP contribution is -2.22. The predicted molar refractivity (Wildman–Crippen MR) is 75.6 cm³/mol. The van der Waals surface area contributed by atoms with Crippen molar-refractivity contribution in [1.82, 2.24) is 0 Å². The van der Waals surface area contributed by atoms with Gasteiger partial charge in [0.2, 0.25) is 0 Å². The molecule has 0 saturated heterocycles. The number of benzene rings is 1. The maximum absolute atomic E-state index is 11.5. The maximum Gasteiger partial charge on any atom is 0.314 e. The number of nitrogens with zero attached hydrogens (tertiary/aromatic N) is 2. The molecule has 0 aliphatic heterocycles. The third kappa shape index (κ3) is 4.34. The first-order valence-electron chi connectivity index (χ1n) is 6.17. The molecular weight excluding hydrogens is 262 g/mol. The Morgan fingerprint density at radius 1 is 1.45 bits per heavy atom. The van der Waals surface area contributed by atoms with E-state index in [2.05, 4.69) is 10.5 Å². The highest BCUT2D eigenvalue weighted by atomic mass is 16.6. The molecule has 7 heteroatoms. The molecule has 0 fully saturated rings. The van der Waals surface area contributed by atoms with E-state index >= 15 is 0 Å². The Morgan fingerprint density at radius 3 is 2.55 bits per heavy atom. The molecule has 1 atom stereocenters. The van der Waals surface area contributed by atoms with Gasteiger partial charge in [0.1, 0.15) is 0 Å². The van der Waals surface area contributed by atoms with Gasteiger partial charge in [-0.15, -0.1) is 0 Å². The van der Waals surface area contributed by atoms with Crippen LogP contribution in [0.25, 0.3) is 0 Å². The summed E-state index contributed by atoms with van der Waals surface area (Å²) in [5.74, 6) is -0.778. The lowest BCUT2D eigenvalue weighted by Gasteiger charge is -2.10. The normalized spacial score (nSPS) is 12.7. The number of nitro groups is 1. The zero-order valence-electron chi connectivity index (χ0n) is 11.6. The number of hydrogen-bond acceptors (Lipinski definition) is 6. The number of non-ortho nitro benzene ring substituents is 1. The van der Waals surface area contributed by atoms with E-state index in [0.717, 1.165) is 0 Å². The minimum Gasteiger partial charge on any atom is -0.465 e. The molecule has 1 N–H and O–H groups in total. The highest BCUT2D eigenvalue weighted by molar-refractivity contribution is 6.00. The molecule has 20 heavy (non-hydrogen) atoms. The fourth-order valence-electron chi connectivity index (χ4n) is 1.35. The van der Waals surface area contributed by atoms with Crippen molar-refractivity contribution in [1.29, 1.82) is 0 Å². The number of esters is 1. The first kappa shape index (κ1) is 15.6. The van der Waals surface area contributed by atoms with E-state index in [1.165, 1.54) is 12.1 Å². The predicted octanol–water partition coefficient (Wildman–Crippen LogP) is 2.58. The molecule has 0 saturated carbocycles. The van der Waals surface area contributed by atoms with Gasteiger partial charge in [0.15, 0.2) is 0 Å². The van der Waals surface area contributed by atoms with Crippen molar-refractivity contribution in [3.05, 3.63) is 34.4 Å². The zero-order valence-corrected chi connectivity index (χ0v) is 11.6. The first-order chi connectivity index (χ1) is 9.45. The van der Waals surface area contributed by atoms with E-state index in [0.29, 0.717) is 18.0 Å². The van der Waals surface area contributed by atoms with Crippen LogP contribution in [0.2, 0.25) is 0 Å². The van der Waals surface area contributed by atoms with Crippen LogP contribution in [-0.2, 0) is 9.53 Å². The van der Waals surface area contributed by atoms with Crippen LogP contribution in [0, 0.1) is 16.0 Å². The Morgan fingerprint density at radius 2 is 2.05 bits per heavy atom. The summed E-state index contributed by atoms with van der Waals surface area (Å²) in [5, 5.41) is 14.6. The summed E-state index contributed by atoms with van der Waals surface area (Å²) in [6.45, 7) is 5.48. The molecule has 0 aromatic heterocycles. The first-order valence-corrected chi connectivity index (χ1v) is 6.17. The molecule has 1 aromatic carbocycles. The Labute approximate surface area is 116 Å². The standard InChI is InChI=1S/C13H17N3O4/c1-4-20-13(17)9(2)10(3)14-15-11-5-7-12(8-6-11)16(18)19/h5-9,15H,4H2,1-3H3/b14-10+. The Bertz CT molecular complexity index is 511. The van der Waals surface area contributed by atoms with Crippen molar-refractivity contribution >= 4 is 23.1 Å². The fraction of sp³-hybridized carbons (Fsp3) is 0.385. The van der Waals surface area contributed by atoms with E-state index < -0.39 is 10.8 Å². The zero-order chi connectivity index (χ0) is 15.1. The molecule has 0 aliphatic carbocycles. The van der Waals surface area contributed by atoms with Crippen LogP contribution in [0.1, 0.15) is 20.8 Å². The third-order valence-corrected chi connectivity index (χ3v) is 2.71. The lowest BCUT2D eigenvalue weighted by atomic mass is 10.1. The number of hydrogen-bond donors (Lipinski definition) is 1. The number of ether oxygens (including phenoxy) is 1. The van der Waals surface area contributed by atoms with Gasteiger partial charge < -0.3 is 4.74 Å². The van der Waals surface area contributed by atoms with Crippen molar-refractivity contribution in [2.75, 3.05) is 12.0 Å². The van der Waals surface area contributed by atoms with Crippen molar-refractivity contribution in [2.45, 2.75) is 20.8 Å². The largest absolute Gasteiger partial charge is 0.465 e. The van der Waals surface area contributed by atoms with Gasteiger partial charge in [-0.1, -0.05) is 0 Å². The second-order valence-electron chi connectivity index (χ2n) is 4.14. The summed E-state index contributed by atoms with van der Waals surface area (Å²) in [6, 6.07) is 5.85. The molecule has 1 unspecified atom stereocenters. The van der Waals surface area contributed by atoms with Crippen LogP contribution in [0.3, 0.4) is 0 Å². The summed E-state index contributed by atoms with van der Waals surface area (Å²) in [4.78, 5) is 21.5. The summed E-state index contributed by atoms with van der Waals surface area (Å²) in [5.41, 5.74) is 3.93. The van der Waals surface area contributed by atoms with Gasteiger partial charge in [-0.3, -0.25) is 20.3 Å². The van der Waals surface area contributed by atoms with Crippen molar-refractivity contribution in [2.24, 2.45) is 11.0 Å². The van der Waals surface area contributed by atoms with E-state index in [9.17, 15) is 14.9 Å². The third-order valence-electron chi connectivity index (χ3n) is 2.71. The minimum absolute atomic E-state index is 0.0103. The van der Waals surface area contributed by atoms with Crippen LogP contribution in [0.5, 0.6) is 0 Å². The van der Waals surface area contributed by atoms with Gasteiger partial charge >= 0.3 is 5.97 Å². The average Bonchev–Trinajstić information content (AvgIpc) is 2.44. The van der Waals surface area contributed by atoms with E-state index in [-0.39, 0.29) is 11.7 Å². The van der Waals surface area contributed by atoms with Crippen LogP contribution in [-0.4, -0.2) is 23.2 Å². The van der Waals surface area contributed by atoms with Crippen LogP contribution >= 0.6 is 0 Å². The summed E-state index contributed by atoms with van der Waals surface area (Å²) in [7, 11) is 0. The monoisotopic (exact) mass is 279 g/mol. The molecule has 0 spiro atoms. The van der Waals surface area contributed by atoms with Gasteiger partial charge in [-0.2, -0.15) is 5.10 Å². The highest BCUT2D eigenvalue weighted by Gasteiger charge is 2.17. The molecule has 7 nitrogen and oxygen atoms in total. The summed E-state index contributed by atoms with van der Waals surface area (Å²) < 4.78 is 4.90. The van der Waals surface area contributed by atoms with Crippen molar-refractivity contribution < 1.29 is 14.5 Å². The second-order valence-corrected chi connectivity index (χ2v) is 4.14. The van der Waals surface area contributed by atoms with Crippen LogP contribution < -0.4 is 5.43 Å². The van der Waals surface area contributed by atoms with E-state index in [1.807, 2.05) is 0 Å². The van der Waals surface area contributed by atoms with Crippen molar-refractivity contribution in [3.8, 4) is 0 Å². The maximum atomic E-state index is 11.5. The van der Waals surface area contributed by atoms with Crippen molar-refractivity contribution in [3.63, 3.8) is 0 Å². The highest BCUT2D eigenvalue weighted by Crippen LogP contribution is 2.15. The molecule has 0 heterocycles. The number of carbonyl (C=O) groups excluding carboxylic acids is 1. The summed E-state index contributed by atoms with van der Waals surface area (Å²) in [6.07, 6.45) is 0. The topological polar surface area (TPSA) is 93.8 Å². The second kappa shape index (κ2) is 7.22. The van der Waals surface area contributed by atoms with Gasteiger partial charge in [0.05, 0.1) is 23.1 Å². The average molecular weight is 279 g/mol. The van der Waals surface area contributed by atoms with Crippen LogP contribution in [0.4, 0.5) is 11.4 Å². The fourth-order valence-corrected chi connectivity index (χ4v) is 1.35. The van der Waals surface area contributed by atoms with E-state index in [4.69, 9.17) is 4.74 Å². The number of nitrogens with one attached hydrogen (secondary N) is 1. The summed E-state index contributed by atoms with van der Waals surface area (Å²) >= 11 is 0. The van der Waals surface area contributed by atoms with Gasteiger partial charge in [0, 0.05) is 17.8 Å². The molecule has 0 amide bonds. The number of nitro benzene ring substituents is 1. The Kier molecular flexibility index (Phi) is 5.64. The minimum atomic E-state index is -0.471. The quantitative estimate of drug-likeness (QED) is 0.374. The Hall–Kier alpha value is -2.44. The van der Waals surface area contributed by atoms with Gasteiger partial charge in [-0.05, 0) is 32.9 Å².